The SMILES string of the molecule is O=C(O)c1ccc(SCOCC2CC2)nc1. The molecule has 16 heavy (non-hydrogen) atoms. The fraction of sp³-hybridized carbons (Fsp3) is 0.455. The van der Waals surface area contributed by atoms with Crippen LogP contribution in [0.4, 0.5) is 0 Å². The van der Waals surface area contributed by atoms with Crippen molar-refractivity contribution in [2.75, 3.05) is 12.5 Å². The summed E-state index contributed by atoms with van der Waals surface area (Å²) in [6.45, 7) is 0.834. The third kappa shape index (κ3) is 3.50. The van der Waals surface area contributed by atoms with Gasteiger partial charge in [0.15, 0.2) is 0 Å². The summed E-state index contributed by atoms with van der Waals surface area (Å²) in [6, 6.07) is 3.26. The standard InChI is InChI=1S/C11H13NO3S/c13-11(14)9-3-4-10(12-5-9)16-7-15-6-8-1-2-8/h3-5,8H,1-2,6-7H2,(H,13,14). The number of rotatable bonds is 6. The van der Waals surface area contributed by atoms with Gasteiger partial charge in [-0.15, -0.1) is 0 Å². The predicted molar refractivity (Wildman–Crippen MR) is 60.6 cm³/mol. The van der Waals surface area contributed by atoms with Gasteiger partial charge >= 0.3 is 5.97 Å². The number of carbonyl (C=O) groups is 1. The number of thioether (sulfide) groups is 1. The lowest BCUT2D eigenvalue weighted by Gasteiger charge is -2.02. The third-order valence-corrected chi connectivity index (χ3v) is 3.15. The molecule has 0 aliphatic heterocycles. The molecule has 2 rings (SSSR count). The Morgan fingerprint density at radius 1 is 1.56 bits per heavy atom. The highest BCUT2D eigenvalue weighted by molar-refractivity contribution is 7.99. The molecule has 5 heteroatoms. The molecule has 0 bridgehead atoms. The Labute approximate surface area is 98.0 Å². The lowest BCUT2D eigenvalue weighted by Crippen LogP contribution is -1.98. The second kappa shape index (κ2) is 5.32. The molecule has 0 saturated heterocycles. The van der Waals surface area contributed by atoms with E-state index in [1.807, 2.05) is 0 Å². The largest absolute Gasteiger partial charge is 0.478 e. The van der Waals surface area contributed by atoms with Gasteiger partial charge in [-0.1, -0.05) is 11.8 Å². The van der Waals surface area contributed by atoms with Crippen molar-refractivity contribution in [2.45, 2.75) is 17.9 Å². The molecule has 1 aromatic rings. The van der Waals surface area contributed by atoms with Gasteiger partial charge in [-0.25, -0.2) is 9.78 Å². The summed E-state index contributed by atoms with van der Waals surface area (Å²) in [5, 5.41) is 9.48. The maximum atomic E-state index is 10.6. The summed E-state index contributed by atoms with van der Waals surface area (Å²) in [7, 11) is 0. The van der Waals surface area contributed by atoms with Crippen LogP contribution in [0.5, 0.6) is 0 Å². The normalized spacial score (nSPS) is 15.0. The van der Waals surface area contributed by atoms with E-state index in [0.717, 1.165) is 17.6 Å². The maximum Gasteiger partial charge on any atom is 0.337 e. The number of carboxylic acids is 1. The average molecular weight is 239 g/mol. The van der Waals surface area contributed by atoms with E-state index < -0.39 is 5.97 Å². The average Bonchev–Trinajstić information content (AvgIpc) is 3.09. The number of hydrogen-bond donors (Lipinski definition) is 1. The molecule has 0 radical (unpaired) electrons. The fourth-order valence-corrected chi connectivity index (χ4v) is 1.79. The van der Waals surface area contributed by atoms with E-state index in [-0.39, 0.29) is 5.56 Å². The van der Waals surface area contributed by atoms with Crippen LogP contribution in [0.1, 0.15) is 23.2 Å². The van der Waals surface area contributed by atoms with Crippen LogP contribution >= 0.6 is 11.8 Å². The lowest BCUT2D eigenvalue weighted by molar-refractivity contribution is 0.0696. The molecule has 4 nitrogen and oxygen atoms in total. The Morgan fingerprint density at radius 3 is 2.94 bits per heavy atom. The van der Waals surface area contributed by atoms with Gasteiger partial charge in [0.05, 0.1) is 23.1 Å². The summed E-state index contributed by atoms with van der Waals surface area (Å²) in [5.41, 5.74) is 0.211. The third-order valence-electron chi connectivity index (χ3n) is 2.32. The highest BCUT2D eigenvalue weighted by Gasteiger charge is 2.20. The van der Waals surface area contributed by atoms with Gasteiger partial charge in [-0.3, -0.25) is 0 Å². The van der Waals surface area contributed by atoms with Crippen LogP contribution in [-0.4, -0.2) is 28.6 Å². The first-order chi connectivity index (χ1) is 7.75. The zero-order chi connectivity index (χ0) is 11.4. The Morgan fingerprint density at radius 2 is 2.38 bits per heavy atom. The molecular weight excluding hydrogens is 226 g/mol. The number of aromatic carboxylic acids is 1. The molecule has 1 heterocycles. The number of aromatic nitrogens is 1. The summed E-state index contributed by atoms with van der Waals surface area (Å²) >= 11 is 1.48. The summed E-state index contributed by atoms with van der Waals surface area (Å²) in [6.07, 6.45) is 3.94. The van der Waals surface area contributed by atoms with Crippen molar-refractivity contribution in [1.29, 1.82) is 0 Å². The van der Waals surface area contributed by atoms with E-state index in [9.17, 15) is 4.79 Å². The van der Waals surface area contributed by atoms with Crippen molar-refractivity contribution in [1.82, 2.24) is 4.98 Å². The minimum absolute atomic E-state index is 0.211. The van der Waals surface area contributed by atoms with E-state index >= 15 is 0 Å². The quantitative estimate of drug-likeness (QED) is 0.468. The number of pyridine rings is 1. The zero-order valence-electron chi connectivity index (χ0n) is 8.76. The topological polar surface area (TPSA) is 59.4 Å². The van der Waals surface area contributed by atoms with Crippen LogP contribution in [0.25, 0.3) is 0 Å². The summed E-state index contributed by atoms with van der Waals surface area (Å²) < 4.78 is 5.45. The highest BCUT2D eigenvalue weighted by Crippen LogP contribution is 2.29. The van der Waals surface area contributed by atoms with Gasteiger partial charge in [0.25, 0.3) is 0 Å². The van der Waals surface area contributed by atoms with Crippen LogP contribution in [0.2, 0.25) is 0 Å². The summed E-state index contributed by atoms with van der Waals surface area (Å²) in [4.78, 5) is 14.6. The molecular formula is C11H13NO3S. The molecule has 1 N–H and O–H groups in total. The van der Waals surface area contributed by atoms with Gasteiger partial charge < -0.3 is 9.84 Å². The predicted octanol–water partition coefficient (Wildman–Crippen LogP) is 2.26. The Kier molecular flexibility index (Phi) is 3.79. The first-order valence-electron chi connectivity index (χ1n) is 5.15. The monoisotopic (exact) mass is 239 g/mol. The Bertz CT molecular complexity index is 362. The first-order valence-corrected chi connectivity index (χ1v) is 6.14. The minimum Gasteiger partial charge on any atom is -0.478 e. The molecule has 0 spiro atoms. The van der Waals surface area contributed by atoms with E-state index in [1.54, 1.807) is 12.1 Å². The van der Waals surface area contributed by atoms with E-state index in [1.165, 1.54) is 30.8 Å². The van der Waals surface area contributed by atoms with Gasteiger partial charge in [0, 0.05) is 6.20 Å². The molecule has 1 aromatic heterocycles. The van der Waals surface area contributed by atoms with Crippen molar-refractivity contribution < 1.29 is 14.6 Å². The van der Waals surface area contributed by atoms with Crippen LogP contribution in [0.15, 0.2) is 23.4 Å². The molecule has 0 aromatic carbocycles. The molecule has 0 unspecified atom stereocenters. The van der Waals surface area contributed by atoms with Crippen molar-refractivity contribution in [3.05, 3.63) is 23.9 Å². The number of carboxylic acid groups (broad SMARTS) is 1. The van der Waals surface area contributed by atoms with E-state index in [0.29, 0.717) is 5.94 Å². The zero-order valence-corrected chi connectivity index (χ0v) is 9.57. The second-order valence-electron chi connectivity index (χ2n) is 3.77. The molecule has 86 valence electrons. The molecule has 0 atom stereocenters. The van der Waals surface area contributed by atoms with Crippen molar-refractivity contribution >= 4 is 17.7 Å². The van der Waals surface area contributed by atoms with Gasteiger partial charge in [-0.05, 0) is 30.9 Å². The van der Waals surface area contributed by atoms with Crippen LogP contribution < -0.4 is 0 Å². The first kappa shape index (κ1) is 11.4. The smallest absolute Gasteiger partial charge is 0.337 e. The van der Waals surface area contributed by atoms with Crippen molar-refractivity contribution in [3.63, 3.8) is 0 Å². The highest BCUT2D eigenvalue weighted by atomic mass is 32.2. The molecule has 0 amide bonds. The van der Waals surface area contributed by atoms with Gasteiger partial charge in [0.1, 0.15) is 0 Å². The molecule has 1 fully saturated rings. The van der Waals surface area contributed by atoms with Crippen LogP contribution in [-0.2, 0) is 4.74 Å². The van der Waals surface area contributed by atoms with E-state index in [2.05, 4.69) is 4.98 Å². The molecule has 1 saturated carbocycles. The lowest BCUT2D eigenvalue weighted by atomic mass is 10.3. The van der Waals surface area contributed by atoms with Gasteiger partial charge in [0.2, 0.25) is 0 Å². The number of hydrogen-bond acceptors (Lipinski definition) is 4. The van der Waals surface area contributed by atoms with Crippen LogP contribution in [0, 0.1) is 5.92 Å². The number of nitrogens with zero attached hydrogens (tertiary/aromatic N) is 1. The van der Waals surface area contributed by atoms with Crippen molar-refractivity contribution in [3.8, 4) is 0 Å². The second-order valence-corrected chi connectivity index (χ2v) is 4.71. The maximum absolute atomic E-state index is 10.6. The number of ether oxygens (including phenoxy) is 1. The fourth-order valence-electron chi connectivity index (χ4n) is 1.19. The van der Waals surface area contributed by atoms with Crippen LogP contribution in [0.3, 0.4) is 0 Å². The Hall–Kier alpha value is -1.07. The summed E-state index contributed by atoms with van der Waals surface area (Å²) in [5.74, 6) is 0.396. The molecule has 1 aliphatic carbocycles. The van der Waals surface area contributed by atoms with Gasteiger partial charge in [-0.2, -0.15) is 0 Å². The minimum atomic E-state index is -0.950. The molecule has 1 aliphatic rings. The van der Waals surface area contributed by atoms with E-state index in [4.69, 9.17) is 9.84 Å². The Balaban J connectivity index is 1.73. The van der Waals surface area contributed by atoms with Crippen molar-refractivity contribution in [2.24, 2.45) is 5.92 Å².